The Bertz CT molecular complexity index is 1080. The zero-order valence-electron chi connectivity index (χ0n) is 16.4. The van der Waals surface area contributed by atoms with Crippen molar-refractivity contribution < 1.29 is 4.79 Å². The van der Waals surface area contributed by atoms with Gasteiger partial charge < -0.3 is 4.90 Å². The minimum Gasteiger partial charge on any atom is -0.340 e. The molecule has 0 saturated carbocycles. The van der Waals surface area contributed by atoms with Gasteiger partial charge in [-0.25, -0.2) is 4.98 Å². The molecule has 1 aliphatic carbocycles. The van der Waals surface area contributed by atoms with E-state index in [1.807, 2.05) is 31.2 Å². The Kier molecular flexibility index (Phi) is 5.31. The van der Waals surface area contributed by atoms with Crippen LogP contribution in [-0.2, 0) is 30.7 Å². The Hall–Kier alpha value is -2.47. The van der Waals surface area contributed by atoms with E-state index in [9.17, 15) is 9.59 Å². The van der Waals surface area contributed by atoms with Gasteiger partial charge in [0, 0.05) is 18.5 Å². The zero-order chi connectivity index (χ0) is 19.7. The highest BCUT2D eigenvalue weighted by molar-refractivity contribution is 7.18. The number of rotatable bonds is 4. The van der Waals surface area contributed by atoms with Crippen molar-refractivity contribution in [1.29, 1.82) is 0 Å². The lowest BCUT2D eigenvalue weighted by atomic mass is 10.1. The van der Waals surface area contributed by atoms with E-state index in [-0.39, 0.29) is 18.0 Å². The number of benzene rings is 1. The quantitative estimate of drug-likeness (QED) is 0.633. The van der Waals surface area contributed by atoms with Gasteiger partial charge in [0.05, 0.1) is 11.7 Å². The average Bonchev–Trinajstić information content (AvgIpc) is 2.88. The summed E-state index contributed by atoms with van der Waals surface area (Å²) in [5, 5.41) is 0.735. The summed E-state index contributed by atoms with van der Waals surface area (Å²) in [7, 11) is 1.78. The first-order valence-corrected chi connectivity index (χ1v) is 10.6. The third-order valence-corrected chi connectivity index (χ3v) is 6.79. The van der Waals surface area contributed by atoms with Crippen LogP contribution in [0, 0.1) is 6.92 Å². The van der Waals surface area contributed by atoms with Gasteiger partial charge in [0.1, 0.15) is 11.4 Å². The number of hydrogen-bond acceptors (Lipinski definition) is 4. The third kappa shape index (κ3) is 3.61. The van der Waals surface area contributed by atoms with Crippen molar-refractivity contribution in [1.82, 2.24) is 14.5 Å². The van der Waals surface area contributed by atoms with Gasteiger partial charge in [-0.15, -0.1) is 11.3 Å². The topological polar surface area (TPSA) is 55.2 Å². The van der Waals surface area contributed by atoms with E-state index in [4.69, 9.17) is 0 Å². The van der Waals surface area contributed by atoms with E-state index in [0.29, 0.717) is 6.54 Å². The lowest BCUT2D eigenvalue weighted by Crippen LogP contribution is -2.34. The summed E-state index contributed by atoms with van der Waals surface area (Å²) in [5.41, 5.74) is 3.36. The first kappa shape index (κ1) is 18.9. The highest BCUT2D eigenvalue weighted by atomic mass is 32.1. The summed E-state index contributed by atoms with van der Waals surface area (Å²) in [6.45, 7) is 2.59. The van der Waals surface area contributed by atoms with Gasteiger partial charge in [0.25, 0.3) is 5.56 Å². The Morgan fingerprint density at radius 1 is 1.21 bits per heavy atom. The molecule has 0 N–H and O–H groups in total. The number of fused-ring (bicyclic) bond motifs is 3. The number of hydrogen-bond donors (Lipinski definition) is 0. The molecule has 1 aliphatic rings. The van der Waals surface area contributed by atoms with Crippen molar-refractivity contribution >= 4 is 27.5 Å². The summed E-state index contributed by atoms with van der Waals surface area (Å²) in [6, 6.07) is 8.04. The molecular formula is C22H25N3O2S. The molecule has 0 bridgehead atoms. The van der Waals surface area contributed by atoms with Gasteiger partial charge in [-0.05, 0) is 49.3 Å². The molecule has 2 aromatic heterocycles. The predicted molar refractivity (Wildman–Crippen MR) is 113 cm³/mol. The van der Waals surface area contributed by atoms with Crippen molar-refractivity contribution in [2.24, 2.45) is 0 Å². The number of carbonyl (C=O) groups excluding carboxylic acids is 1. The highest BCUT2D eigenvalue weighted by Gasteiger charge is 2.20. The predicted octanol–water partition coefficient (Wildman–Crippen LogP) is 3.69. The van der Waals surface area contributed by atoms with Crippen LogP contribution < -0.4 is 5.56 Å². The maximum absolute atomic E-state index is 13.1. The molecule has 0 atom stereocenters. The second kappa shape index (κ2) is 7.87. The van der Waals surface area contributed by atoms with Crippen molar-refractivity contribution in [2.75, 3.05) is 7.05 Å². The molecule has 2 heterocycles. The number of aryl methyl sites for hydroxylation is 3. The van der Waals surface area contributed by atoms with Crippen LogP contribution in [-0.4, -0.2) is 27.4 Å². The summed E-state index contributed by atoms with van der Waals surface area (Å²) >= 11 is 1.64. The fraction of sp³-hybridized carbons (Fsp3) is 0.409. The number of nitrogens with zero attached hydrogens (tertiary/aromatic N) is 3. The van der Waals surface area contributed by atoms with Gasteiger partial charge in [0.2, 0.25) is 5.91 Å². The standard InChI is InChI=1S/C22H25N3O2S/c1-15-8-6-7-9-16(15)12-24(2)19(26)13-25-14-23-21-20(22(25)27)17-10-4-3-5-11-18(17)28-21/h6-9,14H,3-5,10-13H2,1-2H3. The Morgan fingerprint density at radius 2 is 2.00 bits per heavy atom. The second-order valence-corrected chi connectivity index (χ2v) is 8.68. The fourth-order valence-electron chi connectivity index (χ4n) is 3.87. The molecule has 4 rings (SSSR count). The Labute approximate surface area is 168 Å². The zero-order valence-corrected chi connectivity index (χ0v) is 17.2. The number of amides is 1. The number of thiophene rings is 1. The first-order valence-electron chi connectivity index (χ1n) is 9.82. The molecule has 0 unspecified atom stereocenters. The minimum atomic E-state index is -0.0900. The summed E-state index contributed by atoms with van der Waals surface area (Å²) in [5.74, 6) is -0.0900. The number of aromatic nitrogens is 2. The average molecular weight is 396 g/mol. The lowest BCUT2D eigenvalue weighted by molar-refractivity contribution is -0.131. The van der Waals surface area contributed by atoms with E-state index >= 15 is 0 Å². The van der Waals surface area contributed by atoms with Crippen LogP contribution in [0.15, 0.2) is 35.4 Å². The largest absolute Gasteiger partial charge is 0.340 e. The summed E-state index contributed by atoms with van der Waals surface area (Å²) < 4.78 is 1.47. The third-order valence-electron chi connectivity index (χ3n) is 5.59. The normalized spacial score (nSPS) is 13.9. The highest BCUT2D eigenvalue weighted by Crippen LogP contribution is 2.32. The molecule has 0 saturated heterocycles. The molecule has 0 fully saturated rings. The molecule has 5 nitrogen and oxygen atoms in total. The lowest BCUT2D eigenvalue weighted by Gasteiger charge is -2.19. The van der Waals surface area contributed by atoms with E-state index in [2.05, 4.69) is 4.98 Å². The van der Waals surface area contributed by atoms with Crippen LogP contribution in [0.3, 0.4) is 0 Å². The summed E-state index contributed by atoms with van der Waals surface area (Å²) in [6.07, 6.45) is 7.01. The molecule has 6 heteroatoms. The van der Waals surface area contributed by atoms with E-state index < -0.39 is 0 Å². The smallest absolute Gasteiger partial charge is 0.262 e. The molecule has 3 aromatic rings. The van der Waals surface area contributed by atoms with Crippen molar-refractivity contribution in [3.8, 4) is 0 Å². The molecule has 28 heavy (non-hydrogen) atoms. The molecule has 1 aromatic carbocycles. The monoisotopic (exact) mass is 395 g/mol. The summed E-state index contributed by atoms with van der Waals surface area (Å²) in [4.78, 5) is 34.1. The van der Waals surface area contributed by atoms with Gasteiger partial charge in [-0.1, -0.05) is 30.7 Å². The molecule has 0 radical (unpaired) electrons. The van der Waals surface area contributed by atoms with Crippen LogP contribution >= 0.6 is 11.3 Å². The molecular weight excluding hydrogens is 370 g/mol. The van der Waals surface area contributed by atoms with Crippen molar-refractivity contribution in [3.05, 3.63) is 62.5 Å². The van der Waals surface area contributed by atoms with Crippen LogP contribution in [0.5, 0.6) is 0 Å². The minimum absolute atomic E-state index is 0.0226. The maximum atomic E-state index is 13.1. The fourth-order valence-corrected chi connectivity index (χ4v) is 5.09. The van der Waals surface area contributed by atoms with Gasteiger partial charge in [0.15, 0.2) is 0 Å². The van der Waals surface area contributed by atoms with Crippen LogP contribution in [0.4, 0.5) is 0 Å². The molecule has 146 valence electrons. The second-order valence-electron chi connectivity index (χ2n) is 7.60. The van der Waals surface area contributed by atoms with E-state index in [1.165, 1.54) is 34.2 Å². The number of likely N-dealkylation sites (N-methyl/N-ethyl adjacent to an activating group) is 1. The van der Waals surface area contributed by atoms with Crippen molar-refractivity contribution in [3.63, 3.8) is 0 Å². The maximum Gasteiger partial charge on any atom is 0.262 e. The van der Waals surface area contributed by atoms with Gasteiger partial charge in [-0.3, -0.25) is 14.2 Å². The van der Waals surface area contributed by atoms with Gasteiger partial charge >= 0.3 is 0 Å². The van der Waals surface area contributed by atoms with Crippen LogP contribution in [0.2, 0.25) is 0 Å². The van der Waals surface area contributed by atoms with Crippen LogP contribution in [0.25, 0.3) is 10.2 Å². The first-order chi connectivity index (χ1) is 13.5. The van der Waals surface area contributed by atoms with E-state index in [0.717, 1.165) is 40.6 Å². The Morgan fingerprint density at radius 3 is 2.82 bits per heavy atom. The van der Waals surface area contributed by atoms with Crippen molar-refractivity contribution in [2.45, 2.75) is 52.1 Å². The molecule has 0 aliphatic heterocycles. The van der Waals surface area contributed by atoms with E-state index in [1.54, 1.807) is 23.3 Å². The Balaban J connectivity index is 1.58. The van der Waals surface area contributed by atoms with Crippen LogP contribution in [0.1, 0.15) is 40.8 Å². The molecule has 1 amide bonds. The number of carbonyl (C=O) groups is 1. The SMILES string of the molecule is Cc1ccccc1CN(C)C(=O)Cn1cnc2sc3c(c2c1=O)CCCCC3. The molecule has 0 spiro atoms. The van der Waals surface area contributed by atoms with Gasteiger partial charge in [-0.2, -0.15) is 0 Å².